The highest BCUT2D eigenvalue weighted by molar-refractivity contribution is 6.32. The third kappa shape index (κ3) is 3.28. The van der Waals surface area contributed by atoms with Crippen LogP contribution in [-0.2, 0) is 0 Å². The van der Waals surface area contributed by atoms with Crippen LogP contribution in [0.1, 0.15) is 18.5 Å². The summed E-state index contributed by atoms with van der Waals surface area (Å²) in [4.78, 5) is 26.9. The van der Waals surface area contributed by atoms with Gasteiger partial charge in [0.2, 0.25) is 0 Å². The lowest BCUT2D eigenvalue weighted by atomic mass is 10.0. The molecule has 2 fully saturated rings. The minimum atomic E-state index is -0.179. The summed E-state index contributed by atoms with van der Waals surface area (Å²) in [7, 11) is 0. The molecule has 0 bridgehead atoms. The minimum Gasteiger partial charge on any atom is -0.369 e. The first-order chi connectivity index (χ1) is 14.7. The Labute approximate surface area is 180 Å². The second-order valence-corrected chi connectivity index (χ2v) is 8.18. The van der Waals surface area contributed by atoms with Gasteiger partial charge in [-0.2, -0.15) is 0 Å². The Balaban J connectivity index is 1.53. The SMILES string of the molecule is CCN1CCN(c2cccc(Cl)c2C2CNC(=O)N2c2ccc3[nH]cnc3c2)CC1. The number of hydrogen-bond donors (Lipinski definition) is 2. The summed E-state index contributed by atoms with van der Waals surface area (Å²) >= 11 is 6.74. The van der Waals surface area contributed by atoms with Crippen LogP contribution in [0.15, 0.2) is 42.7 Å². The molecular weight excluding hydrogens is 400 g/mol. The van der Waals surface area contributed by atoms with Crippen LogP contribution < -0.4 is 15.1 Å². The number of piperazine rings is 1. The predicted octanol–water partition coefficient (Wildman–Crippen LogP) is 3.63. The van der Waals surface area contributed by atoms with Crippen molar-refractivity contribution < 1.29 is 4.79 Å². The van der Waals surface area contributed by atoms with Gasteiger partial charge in [-0.3, -0.25) is 4.90 Å². The lowest BCUT2D eigenvalue weighted by molar-refractivity contribution is 0.251. The molecule has 5 rings (SSSR count). The summed E-state index contributed by atoms with van der Waals surface area (Å²) in [5, 5.41) is 3.70. The number of aromatic nitrogens is 2. The van der Waals surface area contributed by atoms with E-state index in [-0.39, 0.29) is 12.1 Å². The van der Waals surface area contributed by atoms with Gasteiger partial charge in [0, 0.05) is 54.7 Å². The fourth-order valence-corrected chi connectivity index (χ4v) is 4.83. The topological polar surface area (TPSA) is 67.5 Å². The van der Waals surface area contributed by atoms with Crippen LogP contribution >= 0.6 is 11.6 Å². The highest BCUT2D eigenvalue weighted by Gasteiger charge is 2.37. The molecule has 0 saturated carbocycles. The quantitative estimate of drug-likeness (QED) is 0.671. The van der Waals surface area contributed by atoms with Crippen molar-refractivity contribution in [3.63, 3.8) is 0 Å². The number of anilines is 2. The van der Waals surface area contributed by atoms with Gasteiger partial charge >= 0.3 is 6.03 Å². The number of amides is 2. The van der Waals surface area contributed by atoms with Gasteiger partial charge in [0.15, 0.2) is 0 Å². The third-order valence-corrected chi connectivity index (χ3v) is 6.51. The van der Waals surface area contributed by atoms with Crippen LogP contribution in [-0.4, -0.2) is 60.2 Å². The van der Waals surface area contributed by atoms with Crippen LogP contribution in [0, 0.1) is 0 Å². The number of nitrogens with zero attached hydrogens (tertiary/aromatic N) is 4. The Morgan fingerprint density at radius 1 is 1.17 bits per heavy atom. The fraction of sp³-hybridized carbons (Fsp3) is 0.364. The molecule has 156 valence electrons. The molecule has 2 amide bonds. The van der Waals surface area contributed by atoms with Crippen molar-refractivity contribution in [2.75, 3.05) is 49.1 Å². The van der Waals surface area contributed by atoms with Gasteiger partial charge in [-0.25, -0.2) is 9.78 Å². The van der Waals surface area contributed by atoms with Crippen LogP contribution in [0.2, 0.25) is 5.02 Å². The summed E-state index contributed by atoms with van der Waals surface area (Å²) < 4.78 is 0. The van der Waals surface area contributed by atoms with Crippen molar-refractivity contribution in [2.24, 2.45) is 0 Å². The number of H-pyrrole nitrogens is 1. The van der Waals surface area contributed by atoms with Crippen molar-refractivity contribution in [2.45, 2.75) is 13.0 Å². The van der Waals surface area contributed by atoms with Crippen LogP contribution in [0.3, 0.4) is 0 Å². The van der Waals surface area contributed by atoms with Crippen molar-refractivity contribution in [3.05, 3.63) is 53.3 Å². The molecule has 0 radical (unpaired) electrons. The maximum atomic E-state index is 12.8. The minimum absolute atomic E-state index is 0.114. The average Bonchev–Trinajstić information content (AvgIpc) is 3.39. The number of likely N-dealkylation sites (N-methyl/N-ethyl adjacent to an activating group) is 1. The van der Waals surface area contributed by atoms with Gasteiger partial charge in [0.05, 0.1) is 23.4 Å². The highest BCUT2D eigenvalue weighted by Crippen LogP contribution is 2.40. The van der Waals surface area contributed by atoms with E-state index in [2.05, 4.69) is 38.1 Å². The summed E-state index contributed by atoms with van der Waals surface area (Å²) in [6.45, 7) is 7.75. The first-order valence-corrected chi connectivity index (χ1v) is 10.8. The van der Waals surface area contributed by atoms with Gasteiger partial charge < -0.3 is 20.1 Å². The van der Waals surface area contributed by atoms with Gasteiger partial charge in [-0.15, -0.1) is 0 Å². The second kappa shape index (κ2) is 7.81. The number of hydrogen-bond acceptors (Lipinski definition) is 4. The van der Waals surface area contributed by atoms with Gasteiger partial charge in [0.25, 0.3) is 0 Å². The number of rotatable bonds is 4. The van der Waals surface area contributed by atoms with Crippen molar-refractivity contribution in [1.29, 1.82) is 0 Å². The molecule has 8 heteroatoms. The van der Waals surface area contributed by atoms with Crippen molar-refractivity contribution in [3.8, 4) is 0 Å². The molecule has 2 aromatic carbocycles. The maximum Gasteiger partial charge on any atom is 0.322 e. The normalized spacial score (nSPS) is 20.2. The third-order valence-electron chi connectivity index (χ3n) is 6.18. The second-order valence-electron chi connectivity index (χ2n) is 7.77. The van der Waals surface area contributed by atoms with E-state index in [1.807, 2.05) is 30.3 Å². The lowest BCUT2D eigenvalue weighted by Crippen LogP contribution is -2.46. The van der Waals surface area contributed by atoms with Gasteiger partial charge in [0.1, 0.15) is 0 Å². The van der Waals surface area contributed by atoms with E-state index in [1.54, 1.807) is 11.2 Å². The lowest BCUT2D eigenvalue weighted by Gasteiger charge is -2.38. The molecule has 3 heterocycles. The molecular formula is C22H25ClN6O. The van der Waals surface area contributed by atoms with E-state index in [0.717, 1.165) is 60.7 Å². The standard InChI is InChI=1S/C22H25ClN6O/c1-2-27-8-10-28(11-9-27)19-5-3-4-16(23)21(19)20-13-24-22(30)29(20)15-6-7-17-18(12-15)26-14-25-17/h3-7,12,14,20H,2,8-11,13H2,1H3,(H,24,30)(H,25,26). The Morgan fingerprint density at radius 3 is 2.80 bits per heavy atom. The number of carbonyl (C=O) groups excluding carboxylic acids is 1. The number of aromatic amines is 1. The number of urea groups is 1. The molecule has 0 aliphatic carbocycles. The zero-order chi connectivity index (χ0) is 20.7. The van der Waals surface area contributed by atoms with E-state index in [9.17, 15) is 4.79 Å². The van der Waals surface area contributed by atoms with E-state index >= 15 is 0 Å². The Bertz CT molecular complexity index is 1070. The number of halogens is 1. The van der Waals surface area contributed by atoms with E-state index in [0.29, 0.717) is 11.6 Å². The van der Waals surface area contributed by atoms with Crippen molar-refractivity contribution in [1.82, 2.24) is 20.2 Å². The highest BCUT2D eigenvalue weighted by atomic mass is 35.5. The summed E-state index contributed by atoms with van der Waals surface area (Å²) in [5.74, 6) is 0. The van der Waals surface area contributed by atoms with E-state index in [4.69, 9.17) is 11.6 Å². The van der Waals surface area contributed by atoms with E-state index < -0.39 is 0 Å². The predicted molar refractivity (Wildman–Crippen MR) is 120 cm³/mol. The monoisotopic (exact) mass is 424 g/mol. The smallest absolute Gasteiger partial charge is 0.322 e. The Kier molecular flexibility index (Phi) is 5.00. The van der Waals surface area contributed by atoms with Gasteiger partial charge in [-0.1, -0.05) is 24.6 Å². The zero-order valence-corrected chi connectivity index (χ0v) is 17.7. The zero-order valence-electron chi connectivity index (χ0n) is 16.9. The molecule has 1 aromatic heterocycles. The van der Waals surface area contributed by atoms with Crippen LogP contribution in [0.5, 0.6) is 0 Å². The van der Waals surface area contributed by atoms with E-state index in [1.165, 1.54) is 0 Å². The summed E-state index contributed by atoms with van der Waals surface area (Å²) in [6, 6.07) is 11.6. The van der Waals surface area contributed by atoms with Crippen LogP contribution in [0.25, 0.3) is 11.0 Å². The maximum absolute atomic E-state index is 12.8. The molecule has 1 atom stereocenters. The fourth-order valence-electron chi connectivity index (χ4n) is 4.54. The Hall–Kier alpha value is -2.77. The number of carbonyl (C=O) groups is 1. The number of imidazole rings is 1. The summed E-state index contributed by atoms with van der Waals surface area (Å²) in [5.41, 5.74) is 4.72. The van der Waals surface area contributed by atoms with Gasteiger partial charge in [-0.05, 0) is 36.9 Å². The van der Waals surface area contributed by atoms with Crippen molar-refractivity contribution >= 4 is 40.0 Å². The largest absolute Gasteiger partial charge is 0.369 e. The van der Waals surface area contributed by atoms with Crippen LogP contribution in [0.4, 0.5) is 16.2 Å². The number of benzene rings is 2. The Morgan fingerprint density at radius 2 is 2.00 bits per heavy atom. The molecule has 2 saturated heterocycles. The molecule has 2 N–H and O–H groups in total. The average molecular weight is 425 g/mol. The first kappa shape index (κ1) is 19.2. The first-order valence-electron chi connectivity index (χ1n) is 10.4. The number of nitrogens with one attached hydrogen (secondary N) is 2. The molecule has 0 spiro atoms. The molecule has 7 nitrogen and oxygen atoms in total. The molecule has 3 aromatic rings. The summed E-state index contributed by atoms with van der Waals surface area (Å²) in [6.07, 6.45) is 1.66. The molecule has 30 heavy (non-hydrogen) atoms. The number of fused-ring (bicyclic) bond motifs is 1. The molecule has 2 aliphatic heterocycles. The molecule has 2 aliphatic rings. The molecule has 1 unspecified atom stereocenters.